The smallest absolute Gasteiger partial charge is 0.496 e. The molecule has 0 spiro atoms. The van der Waals surface area contributed by atoms with Crippen molar-refractivity contribution in [2.24, 2.45) is 0 Å². The molecule has 0 atom stereocenters. The minimum Gasteiger partial charge on any atom is -0.497 e. The highest BCUT2D eigenvalue weighted by Gasteiger charge is 2.35. The maximum absolute atomic E-state index is 14.4. The average molecular weight is 2030 g/mol. The van der Waals surface area contributed by atoms with Crippen molar-refractivity contribution >= 4 is 129 Å². The van der Waals surface area contributed by atoms with Gasteiger partial charge in [-0.15, -0.1) is 0 Å². The molecular formula is C115H114B2F4N6O22. The number of aryl methyl sites for hydroxylation is 1. The standard InChI is InChI=1S/C35H37FN2O4.C28H27FN2O6.2C26H25BFNO6/c1-23-18-26(21-33(41-4)34(23)42-35(40)38-16-14-37(3)15-17-38)20-31-24(2)29(32-22-27(36)10-12-30(31)32)13-11-28(39)19-25-8-6-5-7-9-25;1-16-19(8-9-23(32)27-30-10-11-36-27)22-15-18(29)6-7-20(22)21(16)12-17-13-24(34-4)26(25(14-17)35-5)37-28(33)31(2)3;1-15-20(7-5-19(30)8-17-13-29-35-14-17)23-12-18(28)4-6-21(23)22(15)9-16-10-24(33-2)26(27(31)32)25(11-16)34-3;1-15-20(7-5-18(30)14-19-8-9-29-35-19)23-13-17(28)4-6-21(23)22(15)10-16-11-24(33-2)26(27(31)32)25(12-16)34-3/h5-10,12,18,20-22H,11,13-17,19H2,1-4H3;6-7,10-15H,8-9H2,1-5H3;4,6,9-14,31-32H,5,7-8H2,1-3H3;4,6,8-13,31-32H,5,7,14H2,1-3H3/b31-20-;21-12-;22-9-;22-10-. The van der Waals surface area contributed by atoms with Crippen LogP contribution in [0.2, 0.25) is 0 Å². The van der Waals surface area contributed by atoms with E-state index < -0.39 is 20.3 Å². The number of rotatable bonds is 34. The third kappa shape index (κ3) is 26.0. The van der Waals surface area contributed by atoms with Gasteiger partial charge in [0.05, 0.1) is 85.7 Å². The monoisotopic (exact) mass is 2030 g/mol. The summed E-state index contributed by atoms with van der Waals surface area (Å²) >= 11 is 0. The number of carbonyl (C=O) groups excluding carboxylic acids is 6. The van der Waals surface area contributed by atoms with E-state index in [9.17, 15) is 66.4 Å². The third-order valence-electron chi connectivity index (χ3n) is 26.4. The van der Waals surface area contributed by atoms with E-state index in [4.69, 9.17) is 56.1 Å². The fourth-order valence-electron chi connectivity index (χ4n) is 18.8. The highest BCUT2D eigenvalue weighted by Crippen LogP contribution is 2.51. The number of allylic oxidation sites excluding steroid dienone is 12. The number of amides is 2. The average Bonchev–Trinajstić information content (AvgIpc) is 1.63. The Morgan fingerprint density at radius 1 is 0.423 bits per heavy atom. The van der Waals surface area contributed by atoms with Gasteiger partial charge in [0.2, 0.25) is 11.5 Å². The molecule has 1 aliphatic heterocycles. The number of hydrogen-bond donors (Lipinski definition) is 4. The molecule has 34 heteroatoms. The predicted octanol–water partition coefficient (Wildman–Crippen LogP) is 19.6. The number of fused-ring (bicyclic) bond motifs is 4. The van der Waals surface area contributed by atoms with E-state index >= 15 is 0 Å². The first kappa shape index (κ1) is 109. The van der Waals surface area contributed by atoms with Crippen molar-refractivity contribution in [2.45, 2.75) is 105 Å². The number of ether oxygens (including phenoxy) is 9. The lowest BCUT2D eigenvalue weighted by molar-refractivity contribution is -0.119. The largest absolute Gasteiger partial charge is 0.497 e. The van der Waals surface area contributed by atoms with Crippen LogP contribution in [-0.2, 0) is 33.6 Å². The predicted molar refractivity (Wildman–Crippen MR) is 562 cm³/mol. The molecule has 5 aliphatic rings. The Morgan fingerprint density at radius 2 is 0.799 bits per heavy atom. The fourth-order valence-corrected chi connectivity index (χ4v) is 18.8. The van der Waals surface area contributed by atoms with Crippen molar-refractivity contribution in [1.29, 1.82) is 0 Å². The van der Waals surface area contributed by atoms with Crippen molar-refractivity contribution in [3.8, 4) is 51.7 Å². The van der Waals surface area contributed by atoms with Crippen LogP contribution in [0.5, 0.6) is 51.7 Å². The first-order valence-corrected chi connectivity index (χ1v) is 48.0. The van der Waals surface area contributed by atoms with E-state index in [0.717, 1.165) is 152 Å². The molecule has 0 saturated carbocycles. The van der Waals surface area contributed by atoms with E-state index in [-0.39, 0.29) is 124 Å². The summed E-state index contributed by atoms with van der Waals surface area (Å²) in [6.45, 7) is 12.6. The molecule has 149 heavy (non-hydrogen) atoms. The Bertz CT molecular complexity index is 7020. The van der Waals surface area contributed by atoms with Gasteiger partial charge >= 0.3 is 26.4 Å². The van der Waals surface area contributed by atoms with Gasteiger partial charge in [0.25, 0.3) is 5.89 Å². The molecule has 3 aromatic heterocycles. The molecule has 1 fully saturated rings. The zero-order chi connectivity index (χ0) is 107. The summed E-state index contributed by atoms with van der Waals surface area (Å²) < 4.78 is 121. The number of benzene rings is 9. The lowest BCUT2D eigenvalue weighted by Gasteiger charge is -2.31. The second-order valence-electron chi connectivity index (χ2n) is 36.3. The van der Waals surface area contributed by atoms with Crippen molar-refractivity contribution in [2.75, 3.05) is 97.1 Å². The number of halogens is 4. The Kier molecular flexibility index (Phi) is 36.1. The number of aromatic nitrogens is 3. The van der Waals surface area contributed by atoms with Gasteiger partial charge in [-0.1, -0.05) is 64.9 Å². The summed E-state index contributed by atoms with van der Waals surface area (Å²) in [5.41, 5.74) is 23.4. The zero-order valence-corrected chi connectivity index (χ0v) is 85.3. The van der Waals surface area contributed by atoms with E-state index in [2.05, 4.69) is 20.2 Å². The van der Waals surface area contributed by atoms with Crippen LogP contribution in [0.25, 0.3) is 68.9 Å². The molecule has 4 N–H and O–H groups in total. The summed E-state index contributed by atoms with van der Waals surface area (Å²) in [6.07, 6.45) is 17.9. The number of likely N-dealkylation sites (N-methyl/N-ethyl adjacent to an activating group) is 1. The molecule has 9 aromatic carbocycles. The molecule has 770 valence electrons. The highest BCUT2D eigenvalue weighted by molar-refractivity contribution is 6.61. The Balaban J connectivity index is 0.000000157. The number of ketones is 4. The highest BCUT2D eigenvalue weighted by atomic mass is 19.1. The molecule has 28 nitrogen and oxygen atoms in total. The third-order valence-corrected chi connectivity index (χ3v) is 26.4. The van der Waals surface area contributed by atoms with Crippen LogP contribution in [0.3, 0.4) is 0 Å². The minimum absolute atomic E-state index is 0.00468. The van der Waals surface area contributed by atoms with Crippen LogP contribution in [0, 0.1) is 30.2 Å². The van der Waals surface area contributed by atoms with E-state index in [1.165, 1.54) is 121 Å². The summed E-state index contributed by atoms with van der Waals surface area (Å²) in [4.78, 5) is 84.4. The van der Waals surface area contributed by atoms with Gasteiger partial charge in [-0.3, -0.25) is 19.2 Å². The summed E-state index contributed by atoms with van der Waals surface area (Å²) in [5.74, 6) is 1.91. The van der Waals surface area contributed by atoms with Crippen LogP contribution in [-0.4, -0.2) is 197 Å². The maximum atomic E-state index is 14.4. The number of oxazole rings is 1. The van der Waals surface area contributed by atoms with Crippen molar-refractivity contribution < 1.29 is 123 Å². The molecule has 0 bridgehead atoms. The normalized spacial score (nSPS) is 14.4. The van der Waals surface area contributed by atoms with Crippen molar-refractivity contribution in [3.05, 3.63) is 330 Å². The molecule has 2 amide bonds. The molecule has 17 rings (SSSR count). The number of hydrogen-bond acceptors (Lipinski definition) is 26. The zero-order valence-electron chi connectivity index (χ0n) is 85.3. The Hall–Kier alpha value is -16.0. The van der Waals surface area contributed by atoms with Gasteiger partial charge in [0, 0.05) is 90.4 Å². The van der Waals surface area contributed by atoms with Gasteiger partial charge in [0.1, 0.15) is 81.9 Å². The summed E-state index contributed by atoms with van der Waals surface area (Å²) in [6, 6.07) is 44.1. The van der Waals surface area contributed by atoms with E-state index in [1.807, 2.05) is 108 Å². The molecule has 4 aliphatic carbocycles. The van der Waals surface area contributed by atoms with Crippen molar-refractivity contribution in [3.63, 3.8) is 0 Å². The molecular weight excluding hydrogens is 1910 g/mol. The quantitative estimate of drug-likeness (QED) is 0.0165. The Morgan fingerprint density at radius 3 is 1.15 bits per heavy atom. The number of piperazine rings is 1. The van der Waals surface area contributed by atoms with E-state index in [0.29, 0.717) is 97.9 Å². The van der Waals surface area contributed by atoms with Gasteiger partial charge < -0.3 is 90.9 Å². The Labute approximate surface area is 860 Å². The summed E-state index contributed by atoms with van der Waals surface area (Å²) in [7, 11) is 11.9. The number of Topliss-reactive ketones (excluding diaryl/α,β-unsaturated/α-hetero) is 4. The van der Waals surface area contributed by atoms with Gasteiger partial charge in [-0.25, -0.2) is 32.1 Å². The number of methoxy groups -OCH3 is 7. The first-order chi connectivity index (χ1) is 71.6. The van der Waals surface area contributed by atoms with Crippen LogP contribution >= 0.6 is 0 Å². The lowest BCUT2D eigenvalue weighted by Crippen LogP contribution is -2.48. The second-order valence-corrected chi connectivity index (χ2v) is 36.3. The van der Waals surface area contributed by atoms with Gasteiger partial charge in [-0.05, 0) is 333 Å². The van der Waals surface area contributed by atoms with E-state index in [1.54, 1.807) is 98.9 Å². The van der Waals surface area contributed by atoms with Crippen molar-refractivity contribution in [1.82, 2.24) is 30.0 Å². The molecule has 4 heterocycles. The second kappa shape index (κ2) is 49.5. The lowest BCUT2D eigenvalue weighted by atomic mass is 9.78. The number of carbonyl (C=O) groups is 6. The number of nitrogens with zero attached hydrogens (tertiary/aromatic N) is 6. The molecule has 1 saturated heterocycles. The summed E-state index contributed by atoms with van der Waals surface area (Å²) in [5, 5.41) is 46.2. The molecule has 0 unspecified atom stereocenters. The SMILES string of the molecule is COc1cc(/C=C2/C(C)=C(CCC(=O)Cc3ccccc3)c3cc(F)ccc32)cc(C)c1OC(=O)N1CCN(C)CC1.COc1cc(/C=C2/C(C)=C(CCC(=O)Cc3ccno3)c3cc(F)ccc32)cc(OC)c1B(O)O.COc1cc(/C=C2/C(C)=C(CCC(=O)Cc3cnoc3)c3cc(F)ccc32)cc(OC)c1B(O)O.COc1cc(/C=C2/C(C)=C(CCC(=O)c3ncco3)c3cc(F)ccc32)cc(OC)c1OC(=O)N(C)C. The van der Waals surface area contributed by atoms with Gasteiger partial charge in [0.15, 0.2) is 23.0 Å². The fraction of sp³-hybridized carbons (Fsp3) is 0.261. The van der Waals surface area contributed by atoms with Gasteiger partial charge in [-0.2, -0.15) is 0 Å². The first-order valence-electron chi connectivity index (χ1n) is 48.0. The topological polar surface area (TPSA) is 354 Å². The maximum Gasteiger partial charge on any atom is 0.496 e. The molecule has 0 radical (unpaired) electrons. The van der Waals surface area contributed by atoms with Crippen LogP contribution < -0.4 is 53.6 Å². The van der Waals surface area contributed by atoms with Crippen LogP contribution in [0.4, 0.5) is 27.2 Å². The minimum atomic E-state index is -1.76. The van der Waals surface area contributed by atoms with Crippen LogP contribution in [0.15, 0.2) is 225 Å². The van der Waals surface area contributed by atoms with Crippen LogP contribution in [0.1, 0.15) is 179 Å². The molecule has 12 aromatic rings.